The van der Waals surface area contributed by atoms with Crippen molar-refractivity contribution < 1.29 is 27.4 Å². The highest BCUT2D eigenvalue weighted by atomic mass is 19.4. The van der Waals surface area contributed by atoms with E-state index in [0.717, 1.165) is 18.6 Å². The molecule has 2 aromatic rings. The maximum absolute atomic E-state index is 12.3. The summed E-state index contributed by atoms with van der Waals surface area (Å²) in [7, 11) is 0. The molecular weight excluding hydrogens is 349 g/mol. The Morgan fingerprint density at radius 2 is 1.92 bits per heavy atom. The molecule has 2 rings (SSSR count). The molecule has 140 valence electrons. The van der Waals surface area contributed by atoms with Gasteiger partial charge in [-0.2, -0.15) is 0 Å². The van der Waals surface area contributed by atoms with E-state index in [4.69, 9.17) is 4.74 Å². The van der Waals surface area contributed by atoms with Gasteiger partial charge in [-0.25, -0.2) is 4.98 Å². The minimum absolute atomic E-state index is 0.0886. The second-order valence-corrected chi connectivity index (χ2v) is 5.95. The number of halogens is 3. The quantitative estimate of drug-likeness (QED) is 0.779. The highest BCUT2D eigenvalue weighted by Crippen LogP contribution is 2.28. The average molecular weight is 368 g/mol. The van der Waals surface area contributed by atoms with Crippen molar-refractivity contribution in [3.63, 3.8) is 0 Å². The third-order valence-corrected chi connectivity index (χ3v) is 3.27. The number of carbonyl (C=O) groups excluding carboxylic acids is 1. The molecule has 0 aliphatic carbocycles. The number of carbonyl (C=O) groups is 1. The summed E-state index contributed by atoms with van der Waals surface area (Å²) < 4.78 is 46.1. The Hall–Kier alpha value is -2.77. The minimum atomic E-state index is -4.79. The third kappa shape index (κ3) is 6.62. The van der Waals surface area contributed by atoms with Gasteiger partial charge in [-0.15, -0.1) is 13.2 Å². The number of pyridine rings is 1. The van der Waals surface area contributed by atoms with Gasteiger partial charge in [0.1, 0.15) is 11.5 Å². The van der Waals surface area contributed by atoms with E-state index in [1.165, 1.54) is 30.5 Å². The first-order chi connectivity index (χ1) is 12.2. The molecule has 8 heteroatoms. The largest absolute Gasteiger partial charge is 0.573 e. The van der Waals surface area contributed by atoms with E-state index in [-0.39, 0.29) is 17.5 Å². The van der Waals surface area contributed by atoms with Crippen LogP contribution in [0.2, 0.25) is 0 Å². The number of aromatic nitrogens is 1. The second kappa shape index (κ2) is 8.55. The van der Waals surface area contributed by atoms with Crippen LogP contribution in [-0.4, -0.2) is 23.8 Å². The van der Waals surface area contributed by atoms with Crippen LogP contribution < -0.4 is 14.8 Å². The lowest BCUT2D eigenvalue weighted by Gasteiger charge is -2.11. The Morgan fingerprint density at radius 1 is 1.19 bits per heavy atom. The number of nitrogens with zero attached hydrogens (tertiary/aromatic N) is 1. The van der Waals surface area contributed by atoms with Crippen LogP contribution >= 0.6 is 0 Å². The molecule has 5 nitrogen and oxygen atoms in total. The molecule has 26 heavy (non-hydrogen) atoms. The van der Waals surface area contributed by atoms with Gasteiger partial charge in [-0.05, 0) is 30.5 Å². The number of hydrogen-bond donors (Lipinski definition) is 1. The van der Waals surface area contributed by atoms with Gasteiger partial charge in [0.15, 0.2) is 0 Å². The van der Waals surface area contributed by atoms with Crippen LogP contribution in [0.25, 0.3) is 0 Å². The first kappa shape index (κ1) is 19.6. The summed E-state index contributed by atoms with van der Waals surface area (Å²) in [5, 5.41) is 2.79. The molecule has 0 bridgehead atoms. The summed E-state index contributed by atoms with van der Waals surface area (Å²) >= 11 is 0. The molecule has 0 atom stereocenters. The fourth-order valence-electron chi connectivity index (χ4n) is 2.04. The molecule has 0 radical (unpaired) electrons. The van der Waals surface area contributed by atoms with Crippen LogP contribution in [0.3, 0.4) is 0 Å². The Kier molecular flexibility index (Phi) is 6.43. The Morgan fingerprint density at radius 3 is 2.62 bits per heavy atom. The average Bonchev–Trinajstić information content (AvgIpc) is 2.53. The van der Waals surface area contributed by atoms with Gasteiger partial charge in [0, 0.05) is 30.4 Å². The molecule has 1 aromatic carbocycles. The molecular formula is C18H19F3N2O3. The van der Waals surface area contributed by atoms with Crippen molar-refractivity contribution in [1.82, 2.24) is 10.3 Å². The number of alkyl halides is 3. The van der Waals surface area contributed by atoms with Crippen LogP contribution in [0.15, 0.2) is 42.6 Å². The molecule has 0 saturated carbocycles. The van der Waals surface area contributed by atoms with Crippen molar-refractivity contribution in [2.24, 2.45) is 5.92 Å². The SMILES string of the molecule is CC(C)CCNC(=O)c1ccnc(Oc2cccc(OC(F)(F)F)c2)c1. The molecule has 1 N–H and O–H groups in total. The van der Waals surface area contributed by atoms with Gasteiger partial charge >= 0.3 is 6.36 Å². The maximum Gasteiger partial charge on any atom is 0.573 e. The fraction of sp³-hybridized carbons (Fsp3) is 0.333. The topological polar surface area (TPSA) is 60.5 Å². The van der Waals surface area contributed by atoms with Crippen LogP contribution in [0.5, 0.6) is 17.4 Å². The minimum Gasteiger partial charge on any atom is -0.439 e. The van der Waals surface area contributed by atoms with Gasteiger partial charge in [-0.3, -0.25) is 4.79 Å². The number of amides is 1. The molecule has 0 spiro atoms. The number of ether oxygens (including phenoxy) is 2. The van der Waals surface area contributed by atoms with Crippen LogP contribution in [0, 0.1) is 5.92 Å². The summed E-state index contributed by atoms with van der Waals surface area (Å²) in [5.74, 6) is -0.00949. The van der Waals surface area contributed by atoms with Gasteiger partial charge in [0.25, 0.3) is 5.91 Å². The summed E-state index contributed by atoms with van der Waals surface area (Å²) in [6.45, 7) is 4.66. The smallest absolute Gasteiger partial charge is 0.439 e. The van der Waals surface area contributed by atoms with E-state index in [0.29, 0.717) is 18.0 Å². The fourth-order valence-corrected chi connectivity index (χ4v) is 2.04. The Bertz CT molecular complexity index is 748. The number of nitrogens with one attached hydrogen (secondary N) is 1. The molecule has 0 saturated heterocycles. The van der Waals surface area contributed by atoms with E-state index in [1.54, 1.807) is 0 Å². The van der Waals surface area contributed by atoms with E-state index in [1.807, 2.05) is 0 Å². The van der Waals surface area contributed by atoms with E-state index in [2.05, 4.69) is 28.9 Å². The zero-order valence-corrected chi connectivity index (χ0v) is 14.3. The Balaban J connectivity index is 2.04. The molecule has 1 heterocycles. The summed E-state index contributed by atoms with van der Waals surface area (Å²) in [4.78, 5) is 16.1. The predicted octanol–water partition coefficient (Wildman–Crippen LogP) is 4.55. The van der Waals surface area contributed by atoms with Gasteiger partial charge in [0.2, 0.25) is 5.88 Å². The number of benzene rings is 1. The first-order valence-corrected chi connectivity index (χ1v) is 8.01. The van der Waals surface area contributed by atoms with Crippen molar-refractivity contribution in [3.05, 3.63) is 48.2 Å². The zero-order valence-electron chi connectivity index (χ0n) is 14.3. The molecule has 0 aliphatic heterocycles. The summed E-state index contributed by atoms with van der Waals surface area (Å²) in [6.07, 6.45) is -2.54. The van der Waals surface area contributed by atoms with Crippen molar-refractivity contribution in [1.29, 1.82) is 0 Å². The molecule has 0 fully saturated rings. The van der Waals surface area contributed by atoms with E-state index < -0.39 is 12.1 Å². The number of hydrogen-bond acceptors (Lipinski definition) is 4. The highest BCUT2D eigenvalue weighted by molar-refractivity contribution is 5.94. The molecule has 1 aromatic heterocycles. The van der Waals surface area contributed by atoms with Crippen LogP contribution in [-0.2, 0) is 0 Å². The third-order valence-electron chi connectivity index (χ3n) is 3.27. The molecule has 1 amide bonds. The van der Waals surface area contributed by atoms with E-state index in [9.17, 15) is 18.0 Å². The van der Waals surface area contributed by atoms with Crippen LogP contribution in [0.4, 0.5) is 13.2 Å². The van der Waals surface area contributed by atoms with Crippen molar-refractivity contribution in [3.8, 4) is 17.4 Å². The standard InChI is InChI=1S/C18H19F3N2O3/c1-12(2)6-8-23-17(24)13-7-9-22-16(10-13)25-14-4-3-5-15(11-14)26-18(19,20)21/h3-5,7,9-12H,6,8H2,1-2H3,(H,23,24). The maximum atomic E-state index is 12.3. The lowest BCUT2D eigenvalue weighted by Crippen LogP contribution is -2.25. The van der Waals surface area contributed by atoms with Crippen molar-refractivity contribution >= 4 is 5.91 Å². The lowest BCUT2D eigenvalue weighted by molar-refractivity contribution is -0.274. The van der Waals surface area contributed by atoms with E-state index >= 15 is 0 Å². The first-order valence-electron chi connectivity index (χ1n) is 8.01. The summed E-state index contributed by atoms with van der Waals surface area (Å²) in [5.41, 5.74) is 0.349. The summed E-state index contributed by atoms with van der Waals surface area (Å²) in [6, 6.07) is 8.01. The van der Waals surface area contributed by atoms with Crippen molar-refractivity contribution in [2.45, 2.75) is 26.6 Å². The zero-order chi connectivity index (χ0) is 19.2. The molecule has 0 aliphatic rings. The van der Waals surface area contributed by atoms with Gasteiger partial charge in [0.05, 0.1) is 0 Å². The Labute approximate surface area is 149 Å². The lowest BCUT2D eigenvalue weighted by atomic mass is 10.1. The van der Waals surface area contributed by atoms with Crippen molar-refractivity contribution in [2.75, 3.05) is 6.54 Å². The van der Waals surface area contributed by atoms with Gasteiger partial charge in [-0.1, -0.05) is 19.9 Å². The highest BCUT2D eigenvalue weighted by Gasteiger charge is 2.31. The predicted molar refractivity (Wildman–Crippen MR) is 89.2 cm³/mol. The monoisotopic (exact) mass is 368 g/mol. The molecule has 0 unspecified atom stereocenters. The van der Waals surface area contributed by atoms with Crippen LogP contribution in [0.1, 0.15) is 30.6 Å². The second-order valence-electron chi connectivity index (χ2n) is 5.95. The normalized spacial score (nSPS) is 11.3. The number of rotatable bonds is 7. The van der Waals surface area contributed by atoms with Gasteiger partial charge < -0.3 is 14.8 Å².